The van der Waals surface area contributed by atoms with Gasteiger partial charge >= 0.3 is 0 Å². The van der Waals surface area contributed by atoms with Gasteiger partial charge in [-0.2, -0.15) is 0 Å². The lowest BCUT2D eigenvalue weighted by atomic mass is 10.1. The first-order chi connectivity index (χ1) is 19.9. The third kappa shape index (κ3) is 4.76. The number of para-hydroxylation sites is 2. The van der Waals surface area contributed by atoms with Crippen LogP contribution in [-0.4, -0.2) is 26.9 Å². The van der Waals surface area contributed by atoms with E-state index in [-0.39, 0.29) is 17.2 Å². The molecule has 1 aliphatic heterocycles. The predicted molar refractivity (Wildman–Crippen MR) is 160 cm³/mol. The van der Waals surface area contributed by atoms with Gasteiger partial charge in [0.05, 0.1) is 29.3 Å². The summed E-state index contributed by atoms with van der Waals surface area (Å²) in [4.78, 5) is 46.5. The molecule has 0 unspecified atom stereocenters. The van der Waals surface area contributed by atoms with Crippen molar-refractivity contribution in [2.75, 3.05) is 10.2 Å². The molecule has 41 heavy (non-hydrogen) atoms. The predicted octanol–water partition coefficient (Wildman–Crippen LogP) is 5.40. The molecule has 202 valence electrons. The monoisotopic (exact) mass is 541 g/mol. The molecule has 0 aliphatic carbocycles. The number of rotatable bonds is 6. The molecule has 2 amide bonds. The summed E-state index contributed by atoms with van der Waals surface area (Å²) in [7, 11) is 1.77. The first kappa shape index (κ1) is 25.8. The summed E-state index contributed by atoms with van der Waals surface area (Å²) in [6.07, 6.45) is 0. The second kappa shape index (κ2) is 10.6. The number of aliphatic imine (C=N–C) groups is 1. The number of carbonyl (C=O) groups is 2. The maximum Gasteiger partial charge on any atom is 0.295 e. The second-order valence-corrected chi connectivity index (χ2v) is 9.80. The van der Waals surface area contributed by atoms with Crippen molar-refractivity contribution in [3.05, 3.63) is 142 Å². The first-order valence-corrected chi connectivity index (χ1v) is 13.2. The molecule has 8 heteroatoms. The number of carbonyl (C=O) groups excluding carboxylic acids is 2. The van der Waals surface area contributed by atoms with E-state index in [1.807, 2.05) is 84.9 Å². The van der Waals surface area contributed by atoms with Crippen LogP contribution < -0.4 is 15.8 Å². The van der Waals surface area contributed by atoms with E-state index >= 15 is 0 Å². The fraction of sp³-hybridized carbons (Fsp3) is 0.0909. The molecule has 8 nitrogen and oxygen atoms in total. The van der Waals surface area contributed by atoms with E-state index in [0.717, 1.165) is 16.8 Å². The van der Waals surface area contributed by atoms with Crippen LogP contribution in [-0.2, 0) is 18.4 Å². The molecule has 0 bridgehead atoms. The molecule has 0 saturated carbocycles. The molecule has 0 spiro atoms. The average Bonchev–Trinajstić information content (AvgIpc) is 3.38. The van der Waals surface area contributed by atoms with E-state index in [1.54, 1.807) is 47.8 Å². The summed E-state index contributed by atoms with van der Waals surface area (Å²) >= 11 is 0. The Morgan fingerprint density at radius 1 is 0.829 bits per heavy atom. The first-order valence-electron chi connectivity index (χ1n) is 13.2. The van der Waals surface area contributed by atoms with Gasteiger partial charge in [-0.15, -0.1) is 0 Å². The lowest BCUT2D eigenvalue weighted by molar-refractivity contribution is -0.112. The minimum absolute atomic E-state index is 0.203. The maximum atomic E-state index is 13.5. The lowest BCUT2D eigenvalue weighted by Crippen LogP contribution is -2.29. The van der Waals surface area contributed by atoms with Crippen molar-refractivity contribution in [3.63, 3.8) is 0 Å². The Morgan fingerprint density at radius 3 is 2.27 bits per heavy atom. The highest BCUT2D eigenvalue weighted by atomic mass is 16.2. The van der Waals surface area contributed by atoms with Gasteiger partial charge in [0.15, 0.2) is 0 Å². The maximum absolute atomic E-state index is 13.5. The lowest BCUT2D eigenvalue weighted by Gasteiger charge is -2.16. The molecule has 0 saturated heterocycles. The molecular formula is C33H27N5O3. The summed E-state index contributed by atoms with van der Waals surface area (Å²) in [5.41, 5.74) is 4.84. The highest BCUT2D eigenvalue weighted by Gasteiger charge is 2.33. The van der Waals surface area contributed by atoms with Crippen LogP contribution in [0.25, 0.3) is 5.69 Å². The normalized spacial score (nSPS) is 13.5. The van der Waals surface area contributed by atoms with Crippen molar-refractivity contribution in [2.24, 2.45) is 12.0 Å². The van der Waals surface area contributed by atoms with Gasteiger partial charge < -0.3 is 10.2 Å². The van der Waals surface area contributed by atoms with E-state index in [9.17, 15) is 14.4 Å². The third-order valence-corrected chi connectivity index (χ3v) is 7.22. The van der Waals surface area contributed by atoms with E-state index in [1.165, 1.54) is 4.68 Å². The zero-order chi connectivity index (χ0) is 28.5. The topological polar surface area (TPSA) is 88.7 Å². The van der Waals surface area contributed by atoms with Crippen molar-refractivity contribution in [2.45, 2.75) is 13.5 Å². The largest absolute Gasteiger partial charge is 0.316 e. The number of anilines is 2. The van der Waals surface area contributed by atoms with Gasteiger partial charge in [-0.3, -0.25) is 19.1 Å². The Morgan fingerprint density at radius 2 is 1.51 bits per heavy atom. The van der Waals surface area contributed by atoms with Gasteiger partial charge in [-0.25, -0.2) is 9.67 Å². The highest BCUT2D eigenvalue weighted by Crippen LogP contribution is 2.32. The van der Waals surface area contributed by atoms with E-state index < -0.39 is 5.91 Å². The van der Waals surface area contributed by atoms with Crippen LogP contribution in [0.5, 0.6) is 0 Å². The minimum Gasteiger partial charge on any atom is -0.316 e. The van der Waals surface area contributed by atoms with Crippen LogP contribution in [0.4, 0.5) is 17.1 Å². The van der Waals surface area contributed by atoms with Crippen molar-refractivity contribution in [1.29, 1.82) is 0 Å². The van der Waals surface area contributed by atoms with E-state index in [2.05, 4.69) is 5.32 Å². The number of nitrogens with one attached hydrogen (secondary N) is 1. The number of hydrogen-bond donors (Lipinski definition) is 1. The van der Waals surface area contributed by atoms with Gasteiger partial charge in [0.25, 0.3) is 17.4 Å². The van der Waals surface area contributed by atoms with Crippen LogP contribution in [0.1, 0.15) is 27.2 Å². The fourth-order valence-electron chi connectivity index (χ4n) is 5.04. The van der Waals surface area contributed by atoms with Crippen molar-refractivity contribution >= 4 is 34.6 Å². The van der Waals surface area contributed by atoms with Crippen LogP contribution >= 0.6 is 0 Å². The van der Waals surface area contributed by atoms with E-state index in [4.69, 9.17) is 4.99 Å². The van der Waals surface area contributed by atoms with Crippen LogP contribution in [0.15, 0.2) is 119 Å². The number of nitrogens with zero attached hydrogens (tertiary/aromatic N) is 4. The average molecular weight is 542 g/mol. The van der Waals surface area contributed by atoms with Gasteiger partial charge in [0, 0.05) is 18.2 Å². The third-order valence-electron chi connectivity index (χ3n) is 7.22. The molecule has 1 aliphatic rings. The number of hydrogen-bond acceptors (Lipinski definition) is 4. The Kier molecular flexibility index (Phi) is 6.65. The molecular weight excluding hydrogens is 514 g/mol. The van der Waals surface area contributed by atoms with Crippen LogP contribution in [0.2, 0.25) is 0 Å². The van der Waals surface area contributed by atoms with Crippen molar-refractivity contribution in [1.82, 2.24) is 9.36 Å². The molecule has 2 heterocycles. The quantitative estimate of drug-likeness (QED) is 0.312. The Balaban J connectivity index is 1.29. The Bertz CT molecular complexity index is 1870. The number of fused-ring (bicyclic) bond motifs is 1. The molecule has 0 atom stereocenters. The van der Waals surface area contributed by atoms with E-state index in [0.29, 0.717) is 34.9 Å². The standard InChI is InChI=1S/C33H27N5O3/c1-22-29(33(41)38(36(22)2)26-16-7-4-8-17-26)35-31(39)24-14-11-15-25(20-24)34-30-27-18-9-10-19-28(27)37(32(30)40)21-23-12-5-3-6-13-23/h3-20H,21H2,1-2H3,(H,35,39). The summed E-state index contributed by atoms with van der Waals surface area (Å²) in [5, 5.41) is 2.79. The number of benzene rings is 4. The molecule has 1 aromatic heterocycles. The summed E-state index contributed by atoms with van der Waals surface area (Å²) in [5.74, 6) is -0.645. The number of amides is 2. The summed E-state index contributed by atoms with van der Waals surface area (Å²) < 4.78 is 3.22. The minimum atomic E-state index is -0.443. The SMILES string of the molecule is Cc1c(NC(=O)c2cccc(N=C3C(=O)N(Cc4ccccc4)c4ccccc43)c2)c(=O)n(-c2ccccc2)n1C. The van der Waals surface area contributed by atoms with Crippen molar-refractivity contribution in [3.8, 4) is 5.69 Å². The molecule has 6 rings (SSSR count). The van der Waals surface area contributed by atoms with Crippen LogP contribution in [0, 0.1) is 6.92 Å². The van der Waals surface area contributed by atoms with Crippen molar-refractivity contribution < 1.29 is 9.59 Å². The van der Waals surface area contributed by atoms with Crippen LogP contribution in [0.3, 0.4) is 0 Å². The zero-order valence-corrected chi connectivity index (χ0v) is 22.6. The second-order valence-electron chi connectivity index (χ2n) is 9.80. The summed E-state index contributed by atoms with van der Waals surface area (Å²) in [6.45, 7) is 2.21. The molecule has 0 radical (unpaired) electrons. The summed E-state index contributed by atoms with van der Waals surface area (Å²) in [6, 6.07) is 33.3. The fourth-order valence-corrected chi connectivity index (χ4v) is 5.04. The van der Waals surface area contributed by atoms with Gasteiger partial charge in [0.2, 0.25) is 0 Å². The van der Waals surface area contributed by atoms with Gasteiger partial charge in [0.1, 0.15) is 11.4 Å². The molecule has 5 aromatic rings. The molecule has 0 fully saturated rings. The Labute approximate surface area is 236 Å². The molecule has 1 N–H and O–H groups in total. The number of aromatic nitrogens is 2. The van der Waals surface area contributed by atoms with Gasteiger partial charge in [-0.05, 0) is 48.9 Å². The van der Waals surface area contributed by atoms with Gasteiger partial charge in [-0.1, -0.05) is 72.8 Å². The zero-order valence-electron chi connectivity index (χ0n) is 22.6. The Hall–Kier alpha value is -5.50. The highest BCUT2D eigenvalue weighted by molar-refractivity contribution is 6.54. The molecule has 4 aromatic carbocycles. The smallest absolute Gasteiger partial charge is 0.295 e.